The molecule has 1 aliphatic heterocycles. The van der Waals surface area contributed by atoms with Gasteiger partial charge in [-0.15, -0.1) is 0 Å². The van der Waals surface area contributed by atoms with E-state index in [-0.39, 0.29) is 10.6 Å². The van der Waals surface area contributed by atoms with Crippen LogP contribution in [0.1, 0.15) is 12.8 Å². The Labute approximate surface area is 122 Å². The van der Waals surface area contributed by atoms with Gasteiger partial charge in [-0.2, -0.15) is 0 Å². The Morgan fingerprint density at radius 1 is 1.38 bits per heavy atom. The number of nitrogens with zero attached hydrogens (tertiary/aromatic N) is 3. The number of aromatic nitrogens is 1. The largest absolute Gasteiger partial charge is 0.370 e. The summed E-state index contributed by atoms with van der Waals surface area (Å²) in [4.78, 5) is 17.1. The number of anilines is 1. The van der Waals surface area contributed by atoms with Gasteiger partial charge in [0.1, 0.15) is 0 Å². The first-order valence-corrected chi connectivity index (χ1v) is 7.13. The number of nitro groups is 1. The number of hydrogen-bond acceptors (Lipinski definition) is 5. The number of fused-ring (bicyclic) bond motifs is 1. The third-order valence-electron chi connectivity index (χ3n) is 4.17. The fraction of sp³-hybridized carbons (Fsp3) is 0.400. The smallest absolute Gasteiger partial charge is 0.278 e. The third kappa shape index (κ3) is 2.54. The van der Waals surface area contributed by atoms with E-state index >= 15 is 0 Å². The summed E-state index contributed by atoms with van der Waals surface area (Å²) in [6.07, 6.45) is 5.54. The molecule has 0 aliphatic carbocycles. The normalized spacial score (nSPS) is 18.6. The molecule has 1 aromatic heterocycles. The monoisotopic (exact) mass is 286 g/mol. The van der Waals surface area contributed by atoms with Crippen molar-refractivity contribution < 1.29 is 4.92 Å². The van der Waals surface area contributed by atoms with Crippen LogP contribution in [0.4, 0.5) is 11.4 Å². The van der Waals surface area contributed by atoms with Gasteiger partial charge >= 0.3 is 0 Å². The van der Waals surface area contributed by atoms with Crippen LogP contribution in [0, 0.1) is 10.1 Å². The van der Waals surface area contributed by atoms with E-state index in [9.17, 15) is 10.1 Å². The van der Waals surface area contributed by atoms with Crippen LogP contribution in [0.15, 0.2) is 30.6 Å². The van der Waals surface area contributed by atoms with Crippen molar-refractivity contribution in [2.24, 2.45) is 0 Å². The molecule has 1 atom stereocenters. The first kappa shape index (κ1) is 13.8. The Balaban J connectivity index is 2.06. The van der Waals surface area contributed by atoms with Gasteiger partial charge in [0.15, 0.2) is 0 Å². The second kappa shape index (κ2) is 5.65. The highest BCUT2D eigenvalue weighted by molar-refractivity contribution is 5.99. The second-order valence-electron chi connectivity index (χ2n) is 5.39. The van der Waals surface area contributed by atoms with Crippen LogP contribution in [-0.4, -0.2) is 36.1 Å². The fourth-order valence-corrected chi connectivity index (χ4v) is 2.99. The van der Waals surface area contributed by atoms with E-state index in [1.54, 1.807) is 18.5 Å². The Kier molecular flexibility index (Phi) is 3.70. The van der Waals surface area contributed by atoms with Gasteiger partial charge in [-0.1, -0.05) is 0 Å². The Bertz CT molecular complexity index is 668. The number of hydrogen-bond donors (Lipinski definition) is 1. The number of nitro benzene ring substituents is 1. The molecule has 0 amide bonds. The van der Waals surface area contributed by atoms with Gasteiger partial charge in [0.2, 0.25) is 0 Å². The summed E-state index contributed by atoms with van der Waals surface area (Å²) in [7, 11) is 2.05. The lowest BCUT2D eigenvalue weighted by molar-refractivity contribution is -0.383. The van der Waals surface area contributed by atoms with E-state index in [1.807, 2.05) is 12.1 Å². The highest BCUT2D eigenvalue weighted by Crippen LogP contribution is 2.33. The van der Waals surface area contributed by atoms with E-state index in [4.69, 9.17) is 0 Å². The number of likely N-dealkylation sites (N-methyl/N-ethyl adjacent to an activating group) is 1. The minimum Gasteiger partial charge on any atom is -0.370 e. The van der Waals surface area contributed by atoms with Crippen LogP contribution in [-0.2, 0) is 0 Å². The Morgan fingerprint density at radius 2 is 2.24 bits per heavy atom. The van der Waals surface area contributed by atoms with Crippen LogP contribution in [0.5, 0.6) is 0 Å². The summed E-state index contributed by atoms with van der Waals surface area (Å²) >= 11 is 0. The lowest BCUT2D eigenvalue weighted by Gasteiger charge is -2.34. The fourth-order valence-electron chi connectivity index (χ4n) is 2.99. The van der Waals surface area contributed by atoms with Gasteiger partial charge in [-0.3, -0.25) is 15.1 Å². The van der Waals surface area contributed by atoms with Crippen LogP contribution < -0.4 is 10.2 Å². The van der Waals surface area contributed by atoms with E-state index in [2.05, 4.69) is 22.2 Å². The minimum atomic E-state index is -0.351. The van der Waals surface area contributed by atoms with Crippen molar-refractivity contribution in [3.05, 3.63) is 40.7 Å². The maximum absolute atomic E-state index is 11.2. The molecule has 1 fully saturated rings. The summed E-state index contributed by atoms with van der Waals surface area (Å²) in [6, 6.07) is 5.68. The van der Waals surface area contributed by atoms with Gasteiger partial charge in [0, 0.05) is 49.2 Å². The molecule has 1 aromatic carbocycles. The zero-order valence-corrected chi connectivity index (χ0v) is 12.0. The molecule has 1 aliphatic rings. The molecule has 6 heteroatoms. The standard InChI is InChI=1S/C15H18N4O2/c1-18(11-3-2-7-16-9-11)14-4-5-15(19(20)21)13-10-17-8-6-12(13)14/h4-6,8,10-11,16H,2-3,7,9H2,1H3. The second-order valence-corrected chi connectivity index (χ2v) is 5.39. The van der Waals surface area contributed by atoms with E-state index in [0.717, 1.165) is 37.0 Å². The summed E-state index contributed by atoms with van der Waals surface area (Å²) < 4.78 is 0. The molecular weight excluding hydrogens is 268 g/mol. The number of non-ortho nitro benzene ring substituents is 1. The lowest BCUT2D eigenvalue weighted by atomic mass is 10.0. The predicted molar refractivity (Wildman–Crippen MR) is 82.7 cm³/mol. The molecule has 1 unspecified atom stereocenters. The quantitative estimate of drug-likeness (QED) is 0.692. The average molecular weight is 286 g/mol. The highest BCUT2D eigenvalue weighted by Gasteiger charge is 2.22. The molecule has 1 N–H and O–H groups in total. The van der Waals surface area contributed by atoms with Crippen LogP contribution >= 0.6 is 0 Å². The third-order valence-corrected chi connectivity index (χ3v) is 4.17. The minimum absolute atomic E-state index is 0.108. The average Bonchev–Trinajstić information content (AvgIpc) is 2.54. The molecular formula is C15H18N4O2. The van der Waals surface area contributed by atoms with Gasteiger partial charge in [0.05, 0.1) is 10.3 Å². The Morgan fingerprint density at radius 3 is 2.95 bits per heavy atom. The Hall–Kier alpha value is -2.21. The number of rotatable bonds is 3. The van der Waals surface area contributed by atoms with Gasteiger partial charge < -0.3 is 10.2 Å². The van der Waals surface area contributed by atoms with Crippen molar-refractivity contribution in [1.29, 1.82) is 0 Å². The molecule has 0 radical (unpaired) electrons. The number of nitrogens with one attached hydrogen (secondary N) is 1. The summed E-state index contributed by atoms with van der Waals surface area (Å²) in [5, 5.41) is 16.0. The zero-order chi connectivity index (χ0) is 14.8. The van der Waals surface area contributed by atoms with Crippen molar-refractivity contribution in [2.45, 2.75) is 18.9 Å². The van der Waals surface area contributed by atoms with E-state index < -0.39 is 0 Å². The summed E-state index contributed by atoms with van der Waals surface area (Å²) in [6.45, 7) is 2.01. The summed E-state index contributed by atoms with van der Waals surface area (Å²) in [5.41, 5.74) is 1.13. The van der Waals surface area contributed by atoms with Crippen molar-refractivity contribution >= 4 is 22.1 Å². The van der Waals surface area contributed by atoms with Gasteiger partial charge in [0.25, 0.3) is 5.69 Å². The molecule has 21 heavy (non-hydrogen) atoms. The number of pyridine rings is 1. The molecule has 3 rings (SSSR count). The van der Waals surface area contributed by atoms with Gasteiger partial charge in [-0.25, -0.2) is 0 Å². The van der Waals surface area contributed by atoms with Crippen LogP contribution in [0.3, 0.4) is 0 Å². The molecule has 0 spiro atoms. The van der Waals surface area contributed by atoms with E-state index in [0.29, 0.717) is 11.4 Å². The maximum Gasteiger partial charge on any atom is 0.278 e. The maximum atomic E-state index is 11.2. The lowest BCUT2D eigenvalue weighted by Crippen LogP contribution is -2.44. The van der Waals surface area contributed by atoms with Gasteiger partial charge in [-0.05, 0) is 31.5 Å². The first-order chi connectivity index (χ1) is 10.2. The SMILES string of the molecule is CN(c1ccc([N+](=O)[O-])c2cnccc12)C1CCCNC1. The molecule has 2 aromatic rings. The molecule has 1 saturated heterocycles. The zero-order valence-electron chi connectivity index (χ0n) is 12.0. The van der Waals surface area contributed by atoms with Crippen LogP contribution in [0.2, 0.25) is 0 Å². The van der Waals surface area contributed by atoms with Crippen molar-refractivity contribution in [3.8, 4) is 0 Å². The predicted octanol–water partition coefficient (Wildman–Crippen LogP) is 2.33. The van der Waals surface area contributed by atoms with Crippen molar-refractivity contribution in [3.63, 3.8) is 0 Å². The molecule has 6 nitrogen and oxygen atoms in total. The highest BCUT2D eigenvalue weighted by atomic mass is 16.6. The van der Waals surface area contributed by atoms with Crippen molar-refractivity contribution in [2.75, 3.05) is 25.0 Å². The molecule has 2 heterocycles. The topological polar surface area (TPSA) is 71.3 Å². The van der Waals surface area contributed by atoms with E-state index in [1.165, 1.54) is 0 Å². The molecule has 0 bridgehead atoms. The number of benzene rings is 1. The molecule has 110 valence electrons. The van der Waals surface area contributed by atoms with Crippen LogP contribution in [0.25, 0.3) is 10.8 Å². The molecule has 0 saturated carbocycles. The van der Waals surface area contributed by atoms with Crippen molar-refractivity contribution in [1.82, 2.24) is 10.3 Å². The summed E-state index contributed by atoms with van der Waals surface area (Å²) in [5.74, 6) is 0. The first-order valence-electron chi connectivity index (χ1n) is 7.13. The number of piperidine rings is 1.